The van der Waals surface area contributed by atoms with E-state index in [1.807, 2.05) is 0 Å². The van der Waals surface area contributed by atoms with Gasteiger partial charge in [0.1, 0.15) is 0 Å². The van der Waals surface area contributed by atoms with Gasteiger partial charge in [0.2, 0.25) is 5.89 Å². The van der Waals surface area contributed by atoms with Crippen molar-refractivity contribution >= 4 is 17.7 Å². The molecular weight excluding hydrogens is 262 g/mol. The van der Waals surface area contributed by atoms with E-state index in [4.69, 9.17) is 9.63 Å². The Morgan fingerprint density at radius 3 is 3.00 bits per heavy atom. The fourth-order valence-corrected chi connectivity index (χ4v) is 1.89. The molecule has 10 heteroatoms. The van der Waals surface area contributed by atoms with Gasteiger partial charge in [0, 0.05) is 6.92 Å². The normalized spacial score (nSPS) is 10.7. The van der Waals surface area contributed by atoms with Gasteiger partial charge in [0.25, 0.3) is 0 Å². The van der Waals surface area contributed by atoms with Crippen LogP contribution in [0.25, 0.3) is 0 Å². The van der Waals surface area contributed by atoms with Crippen molar-refractivity contribution in [3.05, 3.63) is 22.2 Å². The van der Waals surface area contributed by atoms with Gasteiger partial charge in [-0.25, -0.2) is 9.89 Å². The number of hydrogen-bond donors (Lipinski definition) is 2. The number of nitrogens with zero attached hydrogens (tertiary/aromatic N) is 4. The van der Waals surface area contributed by atoms with Gasteiger partial charge in [-0.1, -0.05) is 16.9 Å². The standard InChI is InChI=1S/C8H9N5O4S/c1-4-9-5(12-17-4)2-13-7(16)10-11-8(13)18-3-6(14)15/h2-3H2,1H3,(H,10,16)(H,14,15). The Kier molecular flexibility index (Phi) is 3.46. The molecule has 2 aromatic rings. The molecule has 0 saturated heterocycles. The van der Waals surface area contributed by atoms with Gasteiger partial charge in [0.15, 0.2) is 11.0 Å². The van der Waals surface area contributed by atoms with Crippen molar-refractivity contribution in [2.24, 2.45) is 0 Å². The van der Waals surface area contributed by atoms with E-state index in [0.717, 1.165) is 11.8 Å². The topological polar surface area (TPSA) is 127 Å². The number of rotatable bonds is 5. The number of thioether (sulfide) groups is 1. The summed E-state index contributed by atoms with van der Waals surface area (Å²) in [6.45, 7) is 1.71. The van der Waals surface area contributed by atoms with Crippen LogP contribution in [0.1, 0.15) is 11.7 Å². The van der Waals surface area contributed by atoms with Gasteiger partial charge in [-0.2, -0.15) is 4.98 Å². The number of carbonyl (C=O) groups is 1. The maximum Gasteiger partial charge on any atom is 0.344 e. The SMILES string of the molecule is Cc1nc(Cn2c(SCC(=O)O)n[nH]c2=O)no1. The van der Waals surface area contributed by atoms with E-state index >= 15 is 0 Å². The Bertz CT molecular complexity index is 615. The first-order valence-electron chi connectivity index (χ1n) is 4.85. The lowest BCUT2D eigenvalue weighted by atomic mass is 10.6. The predicted molar refractivity (Wildman–Crippen MR) is 59.3 cm³/mol. The largest absolute Gasteiger partial charge is 0.481 e. The van der Waals surface area contributed by atoms with Crippen molar-refractivity contribution in [1.29, 1.82) is 0 Å². The second-order valence-electron chi connectivity index (χ2n) is 3.31. The molecule has 2 aromatic heterocycles. The summed E-state index contributed by atoms with van der Waals surface area (Å²) in [5.74, 6) is -0.456. The average Bonchev–Trinajstić information content (AvgIpc) is 2.85. The first-order chi connectivity index (χ1) is 8.56. The van der Waals surface area contributed by atoms with Gasteiger partial charge in [-0.15, -0.1) is 5.10 Å². The molecule has 0 atom stereocenters. The highest BCUT2D eigenvalue weighted by atomic mass is 32.2. The van der Waals surface area contributed by atoms with Crippen molar-refractivity contribution in [2.75, 3.05) is 5.75 Å². The summed E-state index contributed by atoms with van der Waals surface area (Å²) in [5.41, 5.74) is -0.453. The van der Waals surface area contributed by atoms with E-state index in [9.17, 15) is 9.59 Å². The number of carboxylic acids is 1. The number of nitrogens with one attached hydrogen (secondary N) is 1. The Morgan fingerprint density at radius 1 is 1.61 bits per heavy atom. The summed E-state index contributed by atoms with van der Waals surface area (Å²) < 4.78 is 6.03. The fraction of sp³-hybridized carbons (Fsp3) is 0.375. The molecule has 2 rings (SSSR count). The number of H-pyrrole nitrogens is 1. The Hall–Kier alpha value is -2.10. The highest BCUT2D eigenvalue weighted by molar-refractivity contribution is 7.99. The van der Waals surface area contributed by atoms with E-state index in [2.05, 4.69) is 20.3 Å². The van der Waals surface area contributed by atoms with Crippen molar-refractivity contribution < 1.29 is 14.4 Å². The maximum atomic E-state index is 11.5. The molecule has 0 amide bonds. The molecule has 96 valence electrons. The third kappa shape index (κ3) is 2.77. The van der Waals surface area contributed by atoms with Crippen LogP contribution in [0, 0.1) is 6.92 Å². The molecule has 0 aliphatic heterocycles. The zero-order valence-electron chi connectivity index (χ0n) is 9.28. The molecule has 2 N–H and O–H groups in total. The van der Waals surface area contributed by atoms with Gasteiger partial charge >= 0.3 is 11.7 Å². The number of aliphatic carboxylic acids is 1. The van der Waals surface area contributed by atoms with E-state index in [1.54, 1.807) is 6.92 Å². The monoisotopic (exact) mass is 271 g/mol. The molecule has 0 spiro atoms. The molecule has 2 heterocycles. The lowest BCUT2D eigenvalue weighted by Gasteiger charge is -2.00. The van der Waals surface area contributed by atoms with Crippen LogP contribution < -0.4 is 5.69 Å². The Labute approximate surface area is 104 Å². The van der Waals surface area contributed by atoms with Crippen LogP contribution in [0.4, 0.5) is 0 Å². The van der Waals surface area contributed by atoms with Gasteiger partial charge in [-0.05, 0) is 0 Å². The lowest BCUT2D eigenvalue weighted by molar-refractivity contribution is -0.133. The van der Waals surface area contributed by atoms with Crippen molar-refractivity contribution in [3.8, 4) is 0 Å². The minimum absolute atomic E-state index is 0.0780. The molecule has 0 bridgehead atoms. The van der Waals surface area contributed by atoms with Crippen LogP contribution >= 0.6 is 11.8 Å². The minimum atomic E-state index is -0.989. The highest BCUT2D eigenvalue weighted by Gasteiger charge is 2.13. The number of hydrogen-bond acceptors (Lipinski definition) is 7. The quantitative estimate of drug-likeness (QED) is 0.696. The van der Waals surface area contributed by atoms with Crippen LogP contribution in [-0.4, -0.2) is 41.7 Å². The predicted octanol–water partition coefficient (Wildman–Crippen LogP) is -0.512. The van der Waals surface area contributed by atoms with Crippen molar-refractivity contribution in [3.63, 3.8) is 0 Å². The fourth-order valence-electron chi connectivity index (χ4n) is 1.23. The van der Waals surface area contributed by atoms with Crippen LogP contribution in [0.2, 0.25) is 0 Å². The lowest BCUT2D eigenvalue weighted by Crippen LogP contribution is -2.19. The summed E-state index contributed by atoms with van der Waals surface area (Å²) in [6, 6.07) is 0. The average molecular weight is 271 g/mol. The van der Waals surface area contributed by atoms with Crippen molar-refractivity contribution in [2.45, 2.75) is 18.6 Å². The molecule has 9 nitrogen and oxygen atoms in total. The van der Waals surface area contributed by atoms with Gasteiger partial charge < -0.3 is 9.63 Å². The van der Waals surface area contributed by atoms with Crippen molar-refractivity contribution in [1.82, 2.24) is 24.9 Å². The van der Waals surface area contributed by atoms with Crippen LogP contribution in [0.15, 0.2) is 14.5 Å². The van der Waals surface area contributed by atoms with Crippen LogP contribution in [-0.2, 0) is 11.3 Å². The van der Waals surface area contributed by atoms with E-state index < -0.39 is 11.7 Å². The Morgan fingerprint density at radius 2 is 2.39 bits per heavy atom. The molecular formula is C8H9N5O4S. The summed E-state index contributed by atoms with van der Waals surface area (Å²) >= 11 is 0.937. The van der Waals surface area contributed by atoms with E-state index in [-0.39, 0.29) is 17.5 Å². The first-order valence-corrected chi connectivity index (χ1v) is 5.84. The summed E-state index contributed by atoms with van der Waals surface area (Å²) in [4.78, 5) is 25.9. The van der Waals surface area contributed by atoms with E-state index in [1.165, 1.54) is 4.57 Å². The Balaban J connectivity index is 2.18. The molecule has 0 fully saturated rings. The number of aromatic nitrogens is 5. The minimum Gasteiger partial charge on any atom is -0.481 e. The van der Waals surface area contributed by atoms with Gasteiger partial charge in [0.05, 0.1) is 12.3 Å². The molecule has 0 aromatic carbocycles. The summed E-state index contributed by atoms with van der Waals surface area (Å²) in [6.07, 6.45) is 0. The number of aryl methyl sites for hydroxylation is 1. The van der Waals surface area contributed by atoms with Crippen LogP contribution in [0.3, 0.4) is 0 Å². The smallest absolute Gasteiger partial charge is 0.344 e. The molecule has 0 unspecified atom stereocenters. The second-order valence-corrected chi connectivity index (χ2v) is 4.25. The summed E-state index contributed by atoms with van der Waals surface area (Å²) in [5, 5.41) is 18.5. The zero-order valence-corrected chi connectivity index (χ0v) is 10.1. The van der Waals surface area contributed by atoms with Gasteiger partial charge in [-0.3, -0.25) is 9.36 Å². The molecule has 0 aliphatic carbocycles. The zero-order chi connectivity index (χ0) is 13.1. The maximum absolute atomic E-state index is 11.5. The molecule has 0 saturated carbocycles. The molecule has 0 aliphatic rings. The molecule has 18 heavy (non-hydrogen) atoms. The van der Waals surface area contributed by atoms with E-state index in [0.29, 0.717) is 11.7 Å². The first kappa shape index (κ1) is 12.4. The molecule has 0 radical (unpaired) electrons. The second kappa shape index (κ2) is 5.04. The third-order valence-corrected chi connectivity index (χ3v) is 2.88. The van der Waals surface area contributed by atoms with Crippen LogP contribution in [0.5, 0.6) is 0 Å². The highest BCUT2D eigenvalue weighted by Crippen LogP contribution is 2.13. The third-order valence-electron chi connectivity index (χ3n) is 1.92. The number of aromatic amines is 1. The number of carboxylic acid groups (broad SMARTS) is 1. The summed E-state index contributed by atoms with van der Waals surface area (Å²) in [7, 11) is 0.